The molecule has 0 aliphatic rings. The van der Waals surface area contributed by atoms with Gasteiger partial charge in [0.1, 0.15) is 0 Å². The van der Waals surface area contributed by atoms with Gasteiger partial charge in [-0.15, -0.1) is 11.8 Å². The van der Waals surface area contributed by atoms with Crippen LogP contribution in [-0.2, 0) is 14.3 Å². The monoisotopic (exact) mass is 377 g/mol. The molecule has 5 nitrogen and oxygen atoms in total. The number of thioether (sulfide) groups is 1. The topological polar surface area (TPSA) is 72.5 Å². The number of ether oxygens (including phenoxy) is 1. The molecule has 0 aliphatic heterocycles. The fourth-order valence-electron chi connectivity index (χ4n) is 1.83. The number of benzene rings is 2. The quantitative estimate of drug-likeness (QED) is 0.592. The highest BCUT2D eigenvalue weighted by molar-refractivity contribution is 7.99. The van der Waals surface area contributed by atoms with Gasteiger partial charge in [-0.3, -0.25) is 19.7 Å². The van der Waals surface area contributed by atoms with Gasteiger partial charge in [-0.2, -0.15) is 0 Å². The minimum Gasteiger partial charge on any atom is -0.456 e. The number of hydrogen-bond acceptors (Lipinski definition) is 5. The number of amides is 2. The van der Waals surface area contributed by atoms with Crippen LogP contribution in [0.4, 0.5) is 0 Å². The fourth-order valence-corrected chi connectivity index (χ4v) is 2.78. The number of hydrogen-bond donors (Lipinski definition) is 1. The standard InChI is InChI=1S/C18H16ClNO4S/c19-14-6-8-15(9-7-14)25-11-10-17(22)24-12-16(21)20-18(23)13-4-2-1-3-5-13/h1-9H,10-12H2,(H,20,21,23). The van der Waals surface area contributed by atoms with Gasteiger partial charge in [0.05, 0.1) is 6.42 Å². The molecular formula is C18H16ClNO4S. The number of halogens is 1. The molecule has 2 aromatic rings. The number of carbonyl (C=O) groups excluding carboxylic acids is 3. The van der Waals surface area contributed by atoms with Gasteiger partial charge in [-0.05, 0) is 36.4 Å². The first kappa shape index (κ1) is 19.0. The molecule has 0 aliphatic carbocycles. The van der Waals surface area contributed by atoms with Crippen molar-refractivity contribution in [2.45, 2.75) is 11.3 Å². The second kappa shape index (κ2) is 9.86. The van der Waals surface area contributed by atoms with Crippen LogP contribution in [0.3, 0.4) is 0 Å². The Morgan fingerprint density at radius 1 is 1.00 bits per heavy atom. The van der Waals surface area contributed by atoms with E-state index in [0.29, 0.717) is 16.3 Å². The van der Waals surface area contributed by atoms with Crippen LogP contribution < -0.4 is 5.32 Å². The minimum atomic E-state index is -0.660. The predicted molar refractivity (Wildman–Crippen MR) is 96.7 cm³/mol. The van der Waals surface area contributed by atoms with Crippen LogP contribution in [0.25, 0.3) is 0 Å². The predicted octanol–water partition coefficient (Wildman–Crippen LogP) is 3.32. The van der Waals surface area contributed by atoms with Gasteiger partial charge in [0, 0.05) is 21.2 Å². The summed E-state index contributed by atoms with van der Waals surface area (Å²) in [5.74, 6) is -1.17. The Bertz CT molecular complexity index is 735. The first-order valence-electron chi connectivity index (χ1n) is 7.48. The van der Waals surface area contributed by atoms with E-state index < -0.39 is 24.4 Å². The lowest BCUT2D eigenvalue weighted by Gasteiger charge is -2.06. The molecule has 0 unspecified atom stereocenters. The van der Waals surface area contributed by atoms with Crippen LogP contribution in [0.5, 0.6) is 0 Å². The number of rotatable bonds is 7. The molecule has 0 atom stereocenters. The number of imide groups is 1. The maximum atomic E-state index is 11.8. The van der Waals surface area contributed by atoms with Gasteiger partial charge in [0.2, 0.25) is 0 Å². The second-order valence-corrected chi connectivity index (χ2v) is 6.56. The Balaban J connectivity index is 1.64. The van der Waals surface area contributed by atoms with Crippen molar-refractivity contribution in [1.82, 2.24) is 5.32 Å². The fraction of sp³-hybridized carbons (Fsp3) is 0.167. The van der Waals surface area contributed by atoms with Crippen LogP contribution in [0.1, 0.15) is 16.8 Å². The van der Waals surface area contributed by atoms with Crippen molar-refractivity contribution < 1.29 is 19.1 Å². The SMILES string of the molecule is O=C(COC(=O)CCSc1ccc(Cl)cc1)NC(=O)c1ccccc1. The average molecular weight is 378 g/mol. The molecule has 2 rings (SSSR count). The first-order valence-corrected chi connectivity index (χ1v) is 8.84. The number of nitrogens with one attached hydrogen (secondary N) is 1. The smallest absolute Gasteiger partial charge is 0.307 e. The highest BCUT2D eigenvalue weighted by atomic mass is 35.5. The Labute approximate surface area is 154 Å². The van der Waals surface area contributed by atoms with E-state index in [1.54, 1.807) is 42.5 Å². The van der Waals surface area contributed by atoms with Crippen LogP contribution in [0, 0.1) is 0 Å². The normalized spacial score (nSPS) is 10.1. The largest absolute Gasteiger partial charge is 0.456 e. The molecule has 2 aromatic carbocycles. The van der Waals surface area contributed by atoms with Crippen molar-refractivity contribution in [2.75, 3.05) is 12.4 Å². The van der Waals surface area contributed by atoms with Gasteiger partial charge in [-0.25, -0.2) is 0 Å². The van der Waals surface area contributed by atoms with Gasteiger partial charge in [0.15, 0.2) is 6.61 Å². The third-order valence-corrected chi connectivity index (χ3v) is 4.31. The zero-order valence-electron chi connectivity index (χ0n) is 13.2. The molecule has 25 heavy (non-hydrogen) atoms. The number of carbonyl (C=O) groups is 3. The third-order valence-electron chi connectivity index (χ3n) is 3.04. The van der Waals surface area contributed by atoms with Crippen LogP contribution in [0.2, 0.25) is 5.02 Å². The summed E-state index contributed by atoms with van der Waals surface area (Å²) in [5, 5.41) is 2.82. The van der Waals surface area contributed by atoms with Gasteiger partial charge < -0.3 is 4.74 Å². The van der Waals surface area contributed by atoms with E-state index >= 15 is 0 Å². The van der Waals surface area contributed by atoms with Crippen molar-refractivity contribution >= 4 is 41.1 Å². The molecular weight excluding hydrogens is 362 g/mol. The summed E-state index contributed by atoms with van der Waals surface area (Å²) in [4.78, 5) is 36.0. The van der Waals surface area contributed by atoms with Crippen LogP contribution >= 0.6 is 23.4 Å². The van der Waals surface area contributed by atoms with Gasteiger partial charge in [0.25, 0.3) is 11.8 Å². The molecule has 130 valence electrons. The molecule has 2 amide bonds. The molecule has 7 heteroatoms. The Morgan fingerprint density at radius 2 is 1.68 bits per heavy atom. The molecule has 0 saturated carbocycles. The molecule has 0 aromatic heterocycles. The molecule has 1 N–H and O–H groups in total. The minimum absolute atomic E-state index is 0.160. The summed E-state index contributed by atoms with van der Waals surface area (Å²) in [7, 11) is 0. The van der Waals surface area contributed by atoms with E-state index in [4.69, 9.17) is 16.3 Å². The van der Waals surface area contributed by atoms with E-state index in [0.717, 1.165) is 4.90 Å². The highest BCUT2D eigenvalue weighted by Crippen LogP contribution is 2.20. The van der Waals surface area contributed by atoms with E-state index in [1.807, 2.05) is 12.1 Å². The molecule has 0 spiro atoms. The molecule has 0 saturated heterocycles. The van der Waals surface area contributed by atoms with E-state index in [-0.39, 0.29) is 6.42 Å². The lowest BCUT2D eigenvalue weighted by atomic mass is 10.2. The van der Waals surface area contributed by atoms with Crippen molar-refractivity contribution in [3.63, 3.8) is 0 Å². The zero-order chi connectivity index (χ0) is 18.1. The molecule has 0 bridgehead atoms. The summed E-state index contributed by atoms with van der Waals surface area (Å²) >= 11 is 7.28. The Morgan fingerprint density at radius 3 is 2.36 bits per heavy atom. The first-order chi connectivity index (χ1) is 12.0. The summed E-state index contributed by atoms with van der Waals surface area (Å²) in [5.41, 5.74) is 0.363. The van der Waals surface area contributed by atoms with Crippen LogP contribution in [0.15, 0.2) is 59.5 Å². The Hall–Kier alpha value is -2.31. The molecule has 0 fully saturated rings. The van der Waals surface area contributed by atoms with Crippen LogP contribution in [-0.4, -0.2) is 30.1 Å². The van der Waals surface area contributed by atoms with E-state index in [1.165, 1.54) is 11.8 Å². The lowest BCUT2D eigenvalue weighted by molar-refractivity contribution is -0.147. The van der Waals surface area contributed by atoms with Gasteiger partial charge in [-0.1, -0.05) is 29.8 Å². The number of esters is 1. The average Bonchev–Trinajstić information content (AvgIpc) is 2.62. The van der Waals surface area contributed by atoms with E-state index in [9.17, 15) is 14.4 Å². The molecule has 0 heterocycles. The maximum Gasteiger partial charge on any atom is 0.307 e. The second-order valence-electron chi connectivity index (χ2n) is 4.96. The lowest BCUT2D eigenvalue weighted by Crippen LogP contribution is -2.34. The molecule has 0 radical (unpaired) electrons. The van der Waals surface area contributed by atoms with Crippen molar-refractivity contribution in [2.24, 2.45) is 0 Å². The Kier molecular flexibility index (Phi) is 7.50. The summed E-state index contributed by atoms with van der Waals surface area (Å²) in [6.45, 7) is -0.483. The van der Waals surface area contributed by atoms with Crippen molar-refractivity contribution in [3.05, 3.63) is 65.2 Å². The van der Waals surface area contributed by atoms with Crippen molar-refractivity contribution in [1.29, 1.82) is 0 Å². The van der Waals surface area contributed by atoms with Crippen molar-refractivity contribution in [3.8, 4) is 0 Å². The summed E-state index contributed by atoms with van der Waals surface area (Å²) in [6.07, 6.45) is 0.160. The van der Waals surface area contributed by atoms with Gasteiger partial charge >= 0.3 is 5.97 Å². The maximum absolute atomic E-state index is 11.8. The van der Waals surface area contributed by atoms with E-state index in [2.05, 4.69) is 5.32 Å². The third kappa shape index (κ3) is 6.99. The zero-order valence-corrected chi connectivity index (χ0v) is 14.8. The summed E-state index contributed by atoms with van der Waals surface area (Å²) < 4.78 is 4.86. The summed E-state index contributed by atoms with van der Waals surface area (Å²) in [6, 6.07) is 15.6. The highest BCUT2D eigenvalue weighted by Gasteiger charge is 2.12.